The fourth-order valence-corrected chi connectivity index (χ4v) is 2.25. The first kappa shape index (κ1) is 21.5. The molecule has 2 rings (SSSR count). The zero-order valence-electron chi connectivity index (χ0n) is 16.4. The molecule has 1 aliphatic heterocycles. The smallest absolute Gasteiger partial charge is 0.387 e. The van der Waals surface area contributed by atoms with Crippen molar-refractivity contribution in [3.05, 3.63) is 17.7 Å². The average molecular weight is 400 g/mol. The van der Waals surface area contributed by atoms with E-state index >= 15 is 0 Å². The molecule has 0 fully saturated rings. The highest BCUT2D eigenvalue weighted by molar-refractivity contribution is 5.86. The summed E-state index contributed by atoms with van der Waals surface area (Å²) in [5.74, 6) is 1.37. The van der Waals surface area contributed by atoms with Crippen LogP contribution in [0.3, 0.4) is 0 Å². The molecule has 1 aromatic carbocycles. The van der Waals surface area contributed by atoms with Gasteiger partial charge >= 0.3 is 6.61 Å². The van der Waals surface area contributed by atoms with Crippen molar-refractivity contribution in [2.45, 2.75) is 27.0 Å². The summed E-state index contributed by atoms with van der Waals surface area (Å²) in [7, 11) is 3.31. The molecule has 1 aromatic rings. The number of nitrogens with one attached hydrogen (secondary N) is 2. The number of likely N-dealkylation sites (N-methyl/N-ethyl adjacent to an activating group) is 1. The van der Waals surface area contributed by atoms with Crippen LogP contribution in [-0.4, -0.2) is 57.4 Å². The second-order valence-electron chi connectivity index (χ2n) is 6.77. The molecule has 0 aliphatic carbocycles. The Labute approximate surface area is 162 Å². The van der Waals surface area contributed by atoms with Crippen LogP contribution < -0.4 is 24.8 Å². The molecule has 0 aromatic heterocycles. The van der Waals surface area contributed by atoms with Gasteiger partial charge in [-0.25, -0.2) is 4.99 Å². The first-order chi connectivity index (χ1) is 13.3. The van der Waals surface area contributed by atoms with Gasteiger partial charge in [-0.15, -0.1) is 0 Å². The van der Waals surface area contributed by atoms with Crippen molar-refractivity contribution in [1.82, 2.24) is 15.5 Å². The zero-order chi connectivity index (χ0) is 20.7. The number of benzene rings is 1. The second-order valence-corrected chi connectivity index (χ2v) is 6.77. The van der Waals surface area contributed by atoms with Crippen LogP contribution in [0.5, 0.6) is 17.2 Å². The van der Waals surface area contributed by atoms with Crippen LogP contribution >= 0.6 is 0 Å². The summed E-state index contributed by atoms with van der Waals surface area (Å²) in [5.41, 5.74) is 0.411. The number of alkyl halides is 2. The quantitative estimate of drug-likeness (QED) is 0.511. The number of rotatable bonds is 8. The minimum atomic E-state index is -2.97. The lowest BCUT2D eigenvalue weighted by Crippen LogP contribution is -2.44. The molecule has 0 saturated carbocycles. The van der Waals surface area contributed by atoms with E-state index in [2.05, 4.69) is 20.4 Å². The lowest BCUT2D eigenvalue weighted by atomic mass is 10.1. The Hall–Kier alpha value is -2.78. The van der Waals surface area contributed by atoms with E-state index in [0.29, 0.717) is 35.5 Å². The van der Waals surface area contributed by atoms with Crippen molar-refractivity contribution < 1.29 is 27.8 Å². The number of carbonyl (C=O) groups is 1. The van der Waals surface area contributed by atoms with Crippen LogP contribution in [0.15, 0.2) is 17.1 Å². The molecular formula is C18H26F2N4O4. The van der Waals surface area contributed by atoms with Crippen molar-refractivity contribution in [3.8, 4) is 17.2 Å². The predicted octanol–water partition coefficient (Wildman–Crippen LogP) is 1.80. The van der Waals surface area contributed by atoms with Crippen molar-refractivity contribution in [3.63, 3.8) is 0 Å². The molecule has 0 bridgehead atoms. The number of nitrogens with zero attached hydrogens (tertiary/aromatic N) is 2. The molecule has 10 heteroatoms. The monoisotopic (exact) mass is 400 g/mol. The third-order valence-electron chi connectivity index (χ3n) is 3.76. The van der Waals surface area contributed by atoms with Crippen LogP contribution in [0.1, 0.15) is 19.4 Å². The minimum Gasteiger partial charge on any atom is -0.454 e. The Bertz CT molecular complexity index is 711. The molecular weight excluding hydrogens is 374 g/mol. The lowest BCUT2D eigenvalue weighted by molar-refractivity contribution is -0.127. The molecule has 0 saturated heterocycles. The standard InChI is InChI=1S/C18H26F2N4O4/c1-11(2)7-21-18(23-9-16(25)24(3)4)22-8-12-5-14-15(27-10-26-14)6-13(12)28-17(19)20/h5-6,11,17H,7-10H2,1-4H3,(H2,21,22,23). The summed E-state index contributed by atoms with van der Waals surface area (Å²) in [4.78, 5) is 17.7. The molecule has 1 amide bonds. The third-order valence-corrected chi connectivity index (χ3v) is 3.76. The van der Waals surface area contributed by atoms with Crippen molar-refractivity contribution >= 4 is 11.9 Å². The largest absolute Gasteiger partial charge is 0.454 e. The number of hydrogen-bond acceptors (Lipinski definition) is 5. The Morgan fingerprint density at radius 3 is 2.54 bits per heavy atom. The van der Waals surface area contributed by atoms with Gasteiger partial charge in [-0.05, 0) is 12.0 Å². The molecule has 1 heterocycles. The first-order valence-corrected chi connectivity index (χ1v) is 8.86. The Kier molecular flexibility index (Phi) is 7.65. The summed E-state index contributed by atoms with van der Waals surface area (Å²) in [5, 5.41) is 6.06. The summed E-state index contributed by atoms with van der Waals surface area (Å²) < 4.78 is 40.6. The van der Waals surface area contributed by atoms with Crippen LogP contribution in [0.2, 0.25) is 0 Å². The number of guanidine groups is 1. The van der Waals surface area contributed by atoms with Gasteiger partial charge in [0.15, 0.2) is 17.5 Å². The van der Waals surface area contributed by atoms with Crippen molar-refractivity contribution in [1.29, 1.82) is 0 Å². The summed E-state index contributed by atoms with van der Waals surface area (Å²) >= 11 is 0. The highest BCUT2D eigenvalue weighted by Gasteiger charge is 2.20. The molecule has 1 aliphatic rings. The Balaban J connectivity index is 2.17. The molecule has 156 valence electrons. The predicted molar refractivity (Wildman–Crippen MR) is 99.9 cm³/mol. The highest BCUT2D eigenvalue weighted by Crippen LogP contribution is 2.39. The SMILES string of the molecule is CC(C)CNC(=NCc1cc2c(cc1OC(F)F)OCO2)NCC(=O)N(C)C. The van der Waals surface area contributed by atoms with E-state index < -0.39 is 6.61 Å². The molecule has 0 unspecified atom stereocenters. The maximum atomic E-state index is 12.7. The fourth-order valence-electron chi connectivity index (χ4n) is 2.25. The number of fused-ring (bicyclic) bond motifs is 1. The van der Waals surface area contributed by atoms with Gasteiger partial charge in [-0.2, -0.15) is 8.78 Å². The zero-order valence-corrected chi connectivity index (χ0v) is 16.4. The van der Waals surface area contributed by atoms with E-state index in [-0.39, 0.29) is 31.5 Å². The van der Waals surface area contributed by atoms with Crippen LogP contribution in [0.4, 0.5) is 8.78 Å². The number of ether oxygens (including phenoxy) is 3. The lowest BCUT2D eigenvalue weighted by Gasteiger charge is -2.16. The highest BCUT2D eigenvalue weighted by atomic mass is 19.3. The van der Waals surface area contributed by atoms with Crippen molar-refractivity contribution in [2.24, 2.45) is 10.9 Å². The van der Waals surface area contributed by atoms with Crippen LogP contribution in [0.25, 0.3) is 0 Å². The second kappa shape index (κ2) is 9.95. The molecule has 0 spiro atoms. The van der Waals surface area contributed by atoms with Gasteiger partial charge in [0.2, 0.25) is 12.7 Å². The number of hydrogen-bond donors (Lipinski definition) is 2. The molecule has 8 nitrogen and oxygen atoms in total. The fraction of sp³-hybridized carbons (Fsp3) is 0.556. The summed E-state index contributed by atoms with van der Waals surface area (Å²) in [6, 6.07) is 2.93. The summed E-state index contributed by atoms with van der Waals surface area (Å²) in [6.07, 6.45) is 0. The van der Waals surface area contributed by atoms with E-state index in [1.54, 1.807) is 20.2 Å². The maximum Gasteiger partial charge on any atom is 0.387 e. The van der Waals surface area contributed by atoms with E-state index in [0.717, 1.165) is 0 Å². The van der Waals surface area contributed by atoms with E-state index in [1.165, 1.54) is 11.0 Å². The van der Waals surface area contributed by atoms with E-state index in [9.17, 15) is 13.6 Å². The van der Waals surface area contributed by atoms with Gasteiger partial charge < -0.3 is 29.7 Å². The molecule has 28 heavy (non-hydrogen) atoms. The number of carbonyl (C=O) groups excluding carboxylic acids is 1. The number of aliphatic imine (C=N–C) groups is 1. The summed E-state index contributed by atoms with van der Waals surface area (Å²) in [6.45, 7) is 1.83. The van der Waals surface area contributed by atoms with E-state index in [4.69, 9.17) is 9.47 Å². The minimum absolute atomic E-state index is 0.0194. The normalized spacial score (nSPS) is 13.1. The van der Waals surface area contributed by atoms with Crippen LogP contribution in [-0.2, 0) is 11.3 Å². The van der Waals surface area contributed by atoms with Gasteiger partial charge in [-0.1, -0.05) is 13.8 Å². The average Bonchev–Trinajstić information content (AvgIpc) is 3.06. The Morgan fingerprint density at radius 2 is 1.93 bits per heavy atom. The van der Waals surface area contributed by atoms with Crippen molar-refractivity contribution in [2.75, 3.05) is 34.0 Å². The molecule has 0 radical (unpaired) electrons. The maximum absolute atomic E-state index is 12.7. The van der Waals surface area contributed by atoms with Gasteiger partial charge in [0.1, 0.15) is 5.75 Å². The third kappa shape index (κ3) is 6.43. The number of amides is 1. The Morgan fingerprint density at radius 1 is 1.25 bits per heavy atom. The molecule has 2 N–H and O–H groups in total. The van der Waals surface area contributed by atoms with Crippen LogP contribution in [0, 0.1) is 5.92 Å². The first-order valence-electron chi connectivity index (χ1n) is 8.86. The van der Waals surface area contributed by atoms with Gasteiger partial charge in [-0.3, -0.25) is 4.79 Å². The molecule has 0 atom stereocenters. The number of halogens is 2. The topological polar surface area (TPSA) is 84.4 Å². The van der Waals surface area contributed by atoms with E-state index in [1.807, 2.05) is 13.8 Å². The van der Waals surface area contributed by atoms with Gasteiger partial charge in [0, 0.05) is 32.3 Å². The van der Waals surface area contributed by atoms with Gasteiger partial charge in [0.25, 0.3) is 0 Å². The van der Waals surface area contributed by atoms with Gasteiger partial charge in [0.05, 0.1) is 13.1 Å².